The smallest absolute Gasteiger partial charge is 0.264 e. The summed E-state index contributed by atoms with van der Waals surface area (Å²) in [6.07, 6.45) is 1.10. The summed E-state index contributed by atoms with van der Waals surface area (Å²) < 4.78 is 9.33. The van der Waals surface area contributed by atoms with Gasteiger partial charge in [0.15, 0.2) is 13.9 Å². The third-order valence-corrected chi connectivity index (χ3v) is 11.0. The quantitative estimate of drug-likeness (QED) is 0.419. The van der Waals surface area contributed by atoms with Gasteiger partial charge in [-0.15, -0.1) is 5.10 Å². The molecule has 10 heteroatoms. The van der Waals surface area contributed by atoms with E-state index in [0.29, 0.717) is 18.7 Å². The van der Waals surface area contributed by atoms with Gasteiger partial charge in [-0.2, -0.15) is 0 Å². The van der Waals surface area contributed by atoms with Crippen LogP contribution in [0.1, 0.15) is 41.8 Å². The number of hydrogen-bond acceptors (Lipinski definition) is 6. The van der Waals surface area contributed by atoms with Crippen LogP contribution in [-0.2, 0) is 21.7 Å². The molecule has 2 aliphatic rings. The lowest BCUT2D eigenvalue weighted by Crippen LogP contribution is -2.45. The number of carbonyl (C=O) groups is 1. The van der Waals surface area contributed by atoms with Gasteiger partial charge >= 0.3 is 0 Å². The third kappa shape index (κ3) is 4.28. The average molecular weight is 586 g/mol. The summed E-state index contributed by atoms with van der Waals surface area (Å²) in [6, 6.07) is 13.4. The van der Waals surface area contributed by atoms with Crippen molar-refractivity contribution in [2.45, 2.75) is 63.3 Å². The molecule has 1 amide bonds. The van der Waals surface area contributed by atoms with Gasteiger partial charge in [0.2, 0.25) is 0 Å². The monoisotopic (exact) mass is 584 g/mol. The van der Waals surface area contributed by atoms with Gasteiger partial charge in [0, 0.05) is 35.1 Å². The number of nitrogens with zero attached hydrogens (tertiary/aromatic N) is 4. The fraction of sp³-hybridized carbons (Fsp3) is 0.444. The van der Waals surface area contributed by atoms with E-state index in [4.69, 9.17) is 4.74 Å². The highest BCUT2D eigenvalue weighted by Gasteiger charge is 2.66. The van der Waals surface area contributed by atoms with E-state index in [1.807, 2.05) is 69.4 Å². The van der Waals surface area contributed by atoms with E-state index in [-0.39, 0.29) is 23.5 Å². The number of aliphatic hydroxyl groups is 1. The lowest BCUT2D eigenvalue weighted by molar-refractivity contribution is -0.145. The van der Waals surface area contributed by atoms with Crippen LogP contribution < -0.4 is 4.90 Å². The fourth-order valence-corrected chi connectivity index (χ4v) is 9.73. The van der Waals surface area contributed by atoms with Crippen LogP contribution >= 0.6 is 15.9 Å². The predicted octanol–water partition coefficient (Wildman–Crippen LogP) is 4.30. The van der Waals surface area contributed by atoms with E-state index in [1.165, 1.54) is 0 Å². The second kappa shape index (κ2) is 9.43. The van der Waals surface area contributed by atoms with Gasteiger partial charge in [-0.1, -0.05) is 48.5 Å². The van der Waals surface area contributed by atoms with Crippen molar-refractivity contribution >= 4 is 35.8 Å². The van der Waals surface area contributed by atoms with Crippen LogP contribution in [0.4, 0.5) is 5.69 Å². The zero-order valence-electron chi connectivity index (χ0n) is 21.7. The Kier molecular flexibility index (Phi) is 6.69. The first kappa shape index (κ1) is 26.2. The summed E-state index contributed by atoms with van der Waals surface area (Å²) in [5, 5.41) is 19.1. The van der Waals surface area contributed by atoms with E-state index in [2.05, 4.69) is 26.2 Å². The number of halogens is 1. The number of fused-ring (bicyclic) bond motifs is 2. The van der Waals surface area contributed by atoms with Crippen LogP contribution in [0.15, 0.2) is 53.1 Å². The molecule has 2 aromatic carbocycles. The first-order valence-corrected chi connectivity index (χ1v) is 16.4. The molecule has 0 saturated carbocycles. The number of benzene rings is 2. The molecular weight excluding hydrogens is 552 g/mol. The molecule has 2 N–H and O–H groups in total. The minimum atomic E-state index is -2.73. The summed E-state index contributed by atoms with van der Waals surface area (Å²) in [4.78, 5) is 26.9. The second-order valence-corrected chi connectivity index (χ2v) is 15.7. The molecule has 1 spiro atoms. The van der Waals surface area contributed by atoms with E-state index in [9.17, 15) is 14.7 Å². The van der Waals surface area contributed by atoms with Gasteiger partial charge in [-0.25, -0.2) is 0 Å². The van der Waals surface area contributed by atoms with E-state index in [1.54, 1.807) is 22.8 Å². The lowest BCUT2D eigenvalue weighted by atomic mass is 9.82. The Morgan fingerprint density at radius 2 is 1.95 bits per heavy atom. The van der Waals surface area contributed by atoms with Crippen molar-refractivity contribution in [3.8, 4) is 0 Å². The molecule has 2 aliphatic heterocycles. The number of aryl methyl sites for hydroxylation is 2. The van der Waals surface area contributed by atoms with Crippen molar-refractivity contribution in [2.24, 2.45) is 5.92 Å². The van der Waals surface area contributed by atoms with Crippen LogP contribution in [-0.4, -0.2) is 52.3 Å². The highest BCUT2D eigenvalue weighted by atomic mass is 79.9. The molecule has 0 unspecified atom stereocenters. The van der Waals surface area contributed by atoms with Crippen LogP contribution in [0.3, 0.4) is 0 Å². The normalized spacial score (nSPS) is 26.2. The van der Waals surface area contributed by atoms with E-state index >= 15 is 0 Å². The number of likely N-dealkylation sites (N-methyl/N-ethyl adjacent to an activating group) is 1. The zero-order valence-corrected chi connectivity index (χ0v) is 24.3. The van der Waals surface area contributed by atoms with Gasteiger partial charge in [-0.05, 0) is 59.6 Å². The van der Waals surface area contributed by atoms with Crippen molar-refractivity contribution in [1.82, 2.24) is 15.0 Å². The number of hydrogen-bond donors (Lipinski definition) is 2. The predicted molar refractivity (Wildman–Crippen MR) is 147 cm³/mol. The SMILES string of the molecule is Cc1cc(Br)c2c(c1)[C@@]1(O[C@H](CCn3cc([C@H](O)c4ccccc4)nn3)[C@@H]([Si](C)(C)O)[C@@H]1C)C(=O)N2C. The van der Waals surface area contributed by atoms with E-state index in [0.717, 1.165) is 26.9 Å². The molecule has 0 radical (unpaired) electrons. The molecule has 1 fully saturated rings. The number of carbonyl (C=O) groups excluding carboxylic acids is 1. The van der Waals surface area contributed by atoms with Gasteiger partial charge in [0.1, 0.15) is 11.8 Å². The summed E-state index contributed by atoms with van der Waals surface area (Å²) in [5.41, 5.74) is 2.65. The third-order valence-electron chi connectivity index (χ3n) is 7.89. The molecule has 0 aliphatic carbocycles. The van der Waals surface area contributed by atoms with Crippen molar-refractivity contribution in [3.05, 3.63) is 75.5 Å². The number of rotatable bonds is 6. The molecule has 5 atom stereocenters. The first-order chi connectivity index (χ1) is 17.4. The molecule has 1 aromatic heterocycles. The number of anilines is 1. The Hall–Kier alpha value is -2.37. The fourth-order valence-electron chi connectivity index (χ4n) is 6.29. The Morgan fingerprint density at radius 1 is 1.24 bits per heavy atom. The highest BCUT2D eigenvalue weighted by Crippen LogP contribution is 2.60. The van der Waals surface area contributed by atoms with Crippen LogP contribution in [0.2, 0.25) is 18.6 Å². The molecule has 196 valence electrons. The minimum absolute atomic E-state index is 0.0962. The van der Waals surface area contributed by atoms with Crippen molar-refractivity contribution < 1.29 is 19.4 Å². The van der Waals surface area contributed by atoms with Crippen molar-refractivity contribution in [2.75, 3.05) is 11.9 Å². The minimum Gasteiger partial charge on any atom is -0.432 e. The molecule has 5 rings (SSSR count). The van der Waals surface area contributed by atoms with Gasteiger partial charge in [-0.3, -0.25) is 9.48 Å². The molecular formula is C27H33BrN4O4Si. The van der Waals surface area contributed by atoms with E-state index < -0.39 is 20.0 Å². The van der Waals surface area contributed by atoms with Crippen LogP contribution in [0.25, 0.3) is 0 Å². The number of aromatic nitrogens is 3. The Balaban J connectivity index is 1.43. The first-order valence-electron chi connectivity index (χ1n) is 12.6. The van der Waals surface area contributed by atoms with Crippen molar-refractivity contribution in [1.29, 1.82) is 0 Å². The second-order valence-electron chi connectivity index (χ2n) is 10.9. The summed E-state index contributed by atoms with van der Waals surface area (Å²) in [6.45, 7) is 8.37. The Bertz CT molecular complexity index is 1330. The van der Waals surface area contributed by atoms with Crippen LogP contribution in [0, 0.1) is 12.8 Å². The maximum Gasteiger partial charge on any atom is 0.264 e. The van der Waals surface area contributed by atoms with Crippen molar-refractivity contribution in [3.63, 3.8) is 0 Å². The molecule has 3 heterocycles. The highest BCUT2D eigenvalue weighted by molar-refractivity contribution is 9.10. The standard InChI is InChI=1S/C27H33BrN4O4Si/c1-16-13-19-23(20(28)14-16)31(3)26(34)27(19)17(2)25(37(4,5)35)22(36-27)11-12-32-15-21(29-30-32)24(33)18-9-7-6-8-10-18/h6-10,13-15,17,22,24-25,33,35H,11-12H2,1-5H3/t17-,22+,24+,25-,27+/m0/s1. The topological polar surface area (TPSA) is 101 Å². The summed E-state index contributed by atoms with van der Waals surface area (Å²) >= 11 is 3.65. The van der Waals surface area contributed by atoms with Crippen LogP contribution in [0.5, 0.6) is 0 Å². The molecule has 1 saturated heterocycles. The van der Waals surface area contributed by atoms with Gasteiger partial charge < -0.3 is 19.5 Å². The maximum absolute atomic E-state index is 13.8. The lowest BCUT2D eigenvalue weighted by Gasteiger charge is -2.32. The molecule has 3 aromatic rings. The molecule has 8 nitrogen and oxygen atoms in total. The largest absolute Gasteiger partial charge is 0.432 e. The summed E-state index contributed by atoms with van der Waals surface area (Å²) in [5.74, 6) is -0.304. The number of aliphatic hydroxyl groups excluding tert-OH is 1. The Labute approximate surface area is 226 Å². The molecule has 37 heavy (non-hydrogen) atoms. The average Bonchev–Trinajstić information content (AvgIpc) is 3.49. The Morgan fingerprint density at radius 3 is 2.62 bits per heavy atom. The van der Waals surface area contributed by atoms with Gasteiger partial charge in [0.05, 0.1) is 18.0 Å². The molecule has 0 bridgehead atoms. The maximum atomic E-state index is 13.8. The number of ether oxygens (including phenoxy) is 1. The zero-order chi connectivity index (χ0) is 26.7. The van der Waals surface area contributed by atoms with Gasteiger partial charge in [0.25, 0.3) is 5.91 Å². The number of amides is 1. The summed E-state index contributed by atoms with van der Waals surface area (Å²) in [7, 11) is -0.949.